The second-order valence-corrected chi connectivity index (χ2v) is 6.03. The van der Waals surface area contributed by atoms with Crippen LogP contribution in [0.1, 0.15) is 50.8 Å². The summed E-state index contributed by atoms with van der Waals surface area (Å²) in [6.45, 7) is 4.04. The number of nitrogens with zero attached hydrogens (tertiary/aromatic N) is 1. The first kappa shape index (κ1) is 18.8. The molecule has 7 nitrogen and oxygen atoms in total. The fourth-order valence-electron chi connectivity index (χ4n) is 2.83. The van der Waals surface area contributed by atoms with Crippen LogP contribution in [0.25, 0.3) is 0 Å². The minimum Gasteiger partial charge on any atom is -0.468 e. The summed E-state index contributed by atoms with van der Waals surface area (Å²) in [7, 11) is 5.17. The lowest BCUT2D eigenvalue weighted by Gasteiger charge is -2.22. The average molecular weight is 347 g/mol. The van der Waals surface area contributed by atoms with Gasteiger partial charge in [-0.3, -0.25) is 9.69 Å². The van der Waals surface area contributed by atoms with Crippen LogP contribution >= 0.6 is 0 Å². The molecule has 1 amide bonds. The number of aromatic nitrogens is 1. The molecule has 2 aromatic rings. The number of nitrogens with one attached hydrogen (secondary N) is 2. The lowest BCUT2D eigenvalue weighted by Crippen LogP contribution is -2.34. The molecular formula is C18H25N3O4. The van der Waals surface area contributed by atoms with Crippen LogP contribution < -0.4 is 5.32 Å². The zero-order valence-electron chi connectivity index (χ0n) is 15.3. The Kier molecular flexibility index (Phi) is 6.03. The number of aromatic amines is 1. The molecule has 0 aliphatic heterocycles. The molecule has 1 unspecified atom stereocenters. The van der Waals surface area contributed by atoms with Gasteiger partial charge in [0, 0.05) is 12.2 Å². The molecule has 2 N–H and O–H groups in total. The quantitative estimate of drug-likeness (QED) is 0.751. The summed E-state index contributed by atoms with van der Waals surface area (Å²) >= 11 is 0. The molecule has 0 aromatic carbocycles. The Morgan fingerprint density at radius 3 is 2.64 bits per heavy atom. The molecule has 0 fully saturated rings. The molecule has 0 saturated carbocycles. The zero-order chi connectivity index (χ0) is 18.6. The summed E-state index contributed by atoms with van der Waals surface area (Å²) in [4.78, 5) is 29.6. The highest BCUT2D eigenvalue weighted by Gasteiger charge is 2.25. The van der Waals surface area contributed by atoms with Gasteiger partial charge in [-0.1, -0.05) is 6.92 Å². The van der Waals surface area contributed by atoms with Gasteiger partial charge >= 0.3 is 5.97 Å². The van der Waals surface area contributed by atoms with Gasteiger partial charge in [0.1, 0.15) is 11.5 Å². The standard InChI is InChI=1S/C18H25N3O4/c1-6-12-15(18(23)24-5)11(2)16(20-12)17(22)19-10-13(21(3)4)14-8-7-9-25-14/h7-9,13,20H,6,10H2,1-5H3,(H,19,22). The third-order valence-electron chi connectivity index (χ3n) is 4.25. The van der Waals surface area contributed by atoms with Gasteiger partial charge in [-0.25, -0.2) is 4.79 Å². The highest BCUT2D eigenvalue weighted by molar-refractivity contribution is 6.00. The Balaban J connectivity index is 2.18. The van der Waals surface area contributed by atoms with Crippen molar-refractivity contribution in [2.75, 3.05) is 27.7 Å². The predicted molar refractivity (Wildman–Crippen MR) is 93.7 cm³/mol. The van der Waals surface area contributed by atoms with E-state index in [4.69, 9.17) is 9.15 Å². The monoisotopic (exact) mass is 347 g/mol. The number of aryl methyl sites for hydroxylation is 1. The molecule has 136 valence electrons. The number of carbonyl (C=O) groups is 2. The molecular weight excluding hydrogens is 322 g/mol. The summed E-state index contributed by atoms with van der Waals surface area (Å²) in [5.74, 6) is 0.0742. The molecule has 1 atom stereocenters. The summed E-state index contributed by atoms with van der Waals surface area (Å²) in [5.41, 5.74) is 2.12. The number of methoxy groups -OCH3 is 1. The van der Waals surface area contributed by atoms with Crippen LogP contribution in [0.5, 0.6) is 0 Å². The highest BCUT2D eigenvalue weighted by Crippen LogP contribution is 2.21. The summed E-state index contributed by atoms with van der Waals surface area (Å²) in [6.07, 6.45) is 2.21. The fourth-order valence-corrected chi connectivity index (χ4v) is 2.83. The van der Waals surface area contributed by atoms with Gasteiger partial charge in [-0.05, 0) is 45.1 Å². The minimum absolute atomic E-state index is 0.0834. The second-order valence-electron chi connectivity index (χ2n) is 6.03. The van der Waals surface area contributed by atoms with Crippen molar-refractivity contribution in [1.82, 2.24) is 15.2 Å². The Labute approximate surface area is 147 Å². The molecule has 0 aliphatic carbocycles. The van der Waals surface area contributed by atoms with E-state index in [0.29, 0.717) is 35.5 Å². The SMILES string of the molecule is CCc1[nH]c(C(=O)NCC(c2ccco2)N(C)C)c(C)c1C(=O)OC. The molecule has 2 aromatic heterocycles. The Morgan fingerprint density at radius 2 is 2.12 bits per heavy atom. The largest absolute Gasteiger partial charge is 0.468 e. The van der Waals surface area contributed by atoms with Gasteiger partial charge in [0.25, 0.3) is 5.91 Å². The Morgan fingerprint density at radius 1 is 1.40 bits per heavy atom. The van der Waals surface area contributed by atoms with E-state index in [0.717, 1.165) is 5.76 Å². The van der Waals surface area contributed by atoms with E-state index >= 15 is 0 Å². The van der Waals surface area contributed by atoms with E-state index in [2.05, 4.69) is 10.3 Å². The first-order valence-electron chi connectivity index (χ1n) is 8.18. The zero-order valence-corrected chi connectivity index (χ0v) is 15.3. The van der Waals surface area contributed by atoms with E-state index in [1.54, 1.807) is 13.2 Å². The van der Waals surface area contributed by atoms with E-state index in [-0.39, 0.29) is 11.9 Å². The van der Waals surface area contributed by atoms with Crippen LogP contribution in [0, 0.1) is 6.92 Å². The topological polar surface area (TPSA) is 87.6 Å². The number of furan rings is 1. The maximum Gasteiger partial charge on any atom is 0.339 e. The molecule has 2 heterocycles. The van der Waals surface area contributed by atoms with Crippen molar-refractivity contribution in [2.24, 2.45) is 0 Å². The lowest BCUT2D eigenvalue weighted by molar-refractivity contribution is 0.0599. The number of hydrogen-bond acceptors (Lipinski definition) is 5. The molecule has 0 radical (unpaired) electrons. The van der Waals surface area contributed by atoms with Gasteiger partial charge in [0.2, 0.25) is 0 Å². The molecule has 2 rings (SSSR count). The normalized spacial score (nSPS) is 12.2. The van der Waals surface area contributed by atoms with Crippen molar-refractivity contribution in [3.05, 3.63) is 46.7 Å². The highest BCUT2D eigenvalue weighted by atomic mass is 16.5. The van der Waals surface area contributed by atoms with Gasteiger partial charge in [-0.2, -0.15) is 0 Å². The van der Waals surface area contributed by atoms with Crippen LogP contribution in [0.2, 0.25) is 0 Å². The predicted octanol–water partition coefficient (Wildman–Crippen LogP) is 2.30. The smallest absolute Gasteiger partial charge is 0.339 e. The van der Waals surface area contributed by atoms with Crippen molar-refractivity contribution >= 4 is 11.9 Å². The molecule has 25 heavy (non-hydrogen) atoms. The van der Waals surface area contributed by atoms with Crippen LogP contribution in [0.4, 0.5) is 0 Å². The number of ether oxygens (including phenoxy) is 1. The molecule has 7 heteroatoms. The van der Waals surface area contributed by atoms with Gasteiger partial charge in [-0.15, -0.1) is 0 Å². The van der Waals surface area contributed by atoms with Crippen molar-refractivity contribution in [3.63, 3.8) is 0 Å². The van der Waals surface area contributed by atoms with E-state index in [1.165, 1.54) is 7.11 Å². The van der Waals surface area contributed by atoms with Crippen molar-refractivity contribution in [1.29, 1.82) is 0 Å². The van der Waals surface area contributed by atoms with E-state index in [1.807, 2.05) is 38.1 Å². The molecule has 0 aliphatic rings. The van der Waals surface area contributed by atoms with Gasteiger partial charge < -0.3 is 19.5 Å². The van der Waals surface area contributed by atoms with Crippen molar-refractivity contribution < 1.29 is 18.7 Å². The number of likely N-dealkylation sites (N-methyl/N-ethyl adjacent to an activating group) is 1. The summed E-state index contributed by atoms with van der Waals surface area (Å²) in [5, 5.41) is 2.91. The number of rotatable bonds is 7. The van der Waals surface area contributed by atoms with E-state index in [9.17, 15) is 9.59 Å². The summed E-state index contributed by atoms with van der Waals surface area (Å²) in [6, 6.07) is 3.61. The van der Waals surface area contributed by atoms with Gasteiger partial charge in [0.05, 0.1) is 25.0 Å². The van der Waals surface area contributed by atoms with E-state index < -0.39 is 5.97 Å². The fraction of sp³-hybridized carbons (Fsp3) is 0.444. The van der Waals surface area contributed by atoms with Crippen LogP contribution in [0.15, 0.2) is 22.8 Å². The van der Waals surface area contributed by atoms with Crippen molar-refractivity contribution in [2.45, 2.75) is 26.3 Å². The minimum atomic E-state index is -0.439. The lowest BCUT2D eigenvalue weighted by atomic mass is 10.1. The van der Waals surface area contributed by atoms with Gasteiger partial charge in [0.15, 0.2) is 0 Å². The first-order chi connectivity index (χ1) is 11.9. The first-order valence-corrected chi connectivity index (χ1v) is 8.18. The molecule has 0 spiro atoms. The Hall–Kier alpha value is -2.54. The second kappa shape index (κ2) is 8.02. The van der Waals surface area contributed by atoms with Crippen molar-refractivity contribution in [3.8, 4) is 0 Å². The third kappa shape index (κ3) is 3.93. The average Bonchev–Trinajstić information content (AvgIpc) is 3.21. The number of esters is 1. The number of carbonyl (C=O) groups excluding carboxylic acids is 2. The number of H-pyrrole nitrogens is 1. The van der Waals surface area contributed by atoms with Crippen LogP contribution in [0.3, 0.4) is 0 Å². The van der Waals surface area contributed by atoms with Crippen LogP contribution in [-0.4, -0.2) is 49.5 Å². The number of amides is 1. The third-order valence-corrected chi connectivity index (χ3v) is 4.25. The molecule has 0 saturated heterocycles. The summed E-state index contributed by atoms with van der Waals surface area (Å²) < 4.78 is 10.3. The maximum absolute atomic E-state index is 12.6. The Bertz CT molecular complexity index is 732. The van der Waals surface area contributed by atoms with Crippen LogP contribution in [-0.2, 0) is 11.2 Å². The number of hydrogen-bond donors (Lipinski definition) is 2. The molecule has 0 bridgehead atoms. The maximum atomic E-state index is 12.6.